The van der Waals surface area contributed by atoms with Crippen molar-refractivity contribution in [2.45, 2.75) is 44.9 Å². The first-order chi connectivity index (χ1) is 10.6. The summed E-state index contributed by atoms with van der Waals surface area (Å²) in [6.45, 7) is 2.65. The number of amides is 1. The SMILES string of the molecule is C[C@@H]1CN(C(=O)c2cc(C3CCCCC3)[nH]n2)C[C@H]1C(=O)O. The van der Waals surface area contributed by atoms with Crippen molar-refractivity contribution in [2.75, 3.05) is 13.1 Å². The van der Waals surface area contributed by atoms with E-state index in [4.69, 9.17) is 5.11 Å². The minimum absolute atomic E-state index is 0.0155. The number of carboxylic acids is 1. The molecule has 0 bridgehead atoms. The number of carboxylic acid groups (broad SMARTS) is 1. The van der Waals surface area contributed by atoms with Gasteiger partial charge in [-0.1, -0.05) is 26.2 Å². The van der Waals surface area contributed by atoms with Crippen molar-refractivity contribution in [3.05, 3.63) is 17.5 Å². The molecular formula is C16H23N3O3. The quantitative estimate of drug-likeness (QED) is 0.896. The van der Waals surface area contributed by atoms with Gasteiger partial charge in [-0.25, -0.2) is 0 Å². The van der Waals surface area contributed by atoms with Crippen LogP contribution in [0.2, 0.25) is 0 Å². The van der Waals surface area contributed by atoms with Gasteiger partial charge < -0.3 is 10.0 Å². The molecule has 1 saturated heterocycles. The van der Waals surface area contributed by atoms with Crippen LogP contribution in [0.5, 0.6) is 0 Å². The Kier molecular flexibility index (Phi) is 4.18. The van der Waals surface area contributed by atoms with Crippen LogP contribution in [0, 0.1) is 11.8 Å². The van der Waals surface area contributed by atoms with Crippen LogP contribution < -0.4 is 0 Å². The Bertz CT molecular complexity index is 563. The number of carbonyl (C=O) groups is 2. The van der Waals surface area contributed by atoms with E-state index in [0.29, 0.717) is 18.2 Å². The minimum atomic E-state index is -0.826. The fraction of sp³-hybridized carbons (Fsp3) is 0.688. The van der Waals surface area contributed by atoms with Gasteiger partial charge in [-0.2, -0.15) is 5.10 Å². The molecule has 1 aromatic heterocycles. The number of carbonyl (C=O) groups excluding carboxylic acids is 1. The normalized spacial score (nSPS) is 26.3. The lowest BCUT2D eigenvalue weighted by Gasteiger charge is -2.19. The Morgan fingerprint density at radius 1 is 1.27 bits per heavy atom. The maximum atomic E-state index is 12.5. The zero-order chi connectivity index (χ0) is 15.7. The van der Waals surface area contributed by atoms with Gasteiger partial charge in [0.25, 0.3) is 5.91 Å². The minimum Gasteiger partial charge on any atom is -0.481 e. The number of aromatic amines is 1. The third kappa shape index (κ3) is 2.87. The average Bonchev–Trinajstić information content (AvgIpc) is 3.14. The number of likely N-dealkylation sites (tertiary alicyclic amines) is 1. The molecule has 0 spiro atoms. The van der Waals surface area contributed by atoms with Crippen LogP contribution in [-0.4, -0.2) is 45.2 Å². The van der Waals surface area contributed by atoms with Crippen molar-refractivity contribution in [3.8, 4) is 0 Å². The standard InChI is InChI=1S/C16H23N3O3/c1-10-8-19(9-12(10)16(21)22)15(20)14-7-13(17-18-14)11-5-3-2-4-6-11/h7,10-12H,2-6,8-9H2,1H3,(H,17,18)(H,21,22)/t10-,12-/m1/s1. The highest BCUT2D eigenvalue weighted by molar-refractivity contribution is 5.93. The van der Waals surface area contributed by atoms with Crippen molar-refractivity contribution in [2.24, 2.45) is 11.8 Å². The summed E-state index contributed by atoms with van der Waals surface area (Å²) < 4.78 is 0. The van der Waals surface area contributed by atoms with Crippen LogP contribution in [0.1, 0.15) is 61.1 Å². The fourth-order valence-electron chi connectivity index (χ4n) is 3.68. The van der Waals surface area contributed by atoms with E-state index in [2.05, 4.69) is 10.2 Å². The van der Waals surface area contributed by atoms with Gasteiger partial charge in [0.1, 0.15) is 5.69 Å². The predicted octanol–water partition coefficient (Wildman–Crippen LogP) is 2.25. The van der Waals surface area contributed by atoms with Gasteiger partial charge in [-0.15, -0.1) is 0 Å². The zero-order valence-electron chi connectivity index (χ0n) is 12.9. The lowest BCUT2D eigenvalue weighted by atomic mass is 9.87. The van der Waals surface area contributed by atoms with Crippen LogP contribution in [0.4, 0.5) is 0 Å². The Morgan fingerprint density at radius 2 is 2.00 bits per heavy atom. The van der Waals surface area contributed by atoms with Crippen molar-refractivity contribution in [1.29, 1.82) is 0 Å². The average molecular weight is 305 g/mol. The molecule has 1 saturated carbocycles. The van der Waals surface area contributed by atoms with Gasteiger partial charge in [0.05, 0.1) is 5.92 Å². The van der Waals surface area contributed by atoms with E-state index in [1.165, 1.54) is 19.3 Å². The molecule has 2 N–H and O–H groups in total. The summed E-state index contributed by atoms with van der Waals surface area (Å²) in [7, 11) is 0. The summed E-state index contributed by atoms with van der Waals surface area (Å²) in [6, 6.07) is 1.86. The lowest BCUT2D eigenvalue weighted by molar-refractivity contribution is -0.142. The molecule has 2 heterocycles. The van der Waals surface area contributed by atoms with E-state index < -0.39 is 11.9 Å². The molecular weight excluding hydrogens is 282 g/mol. The number of rotatable bonds is 3. The first kappa shape index (κ1) is 15.1. The van der Waals surface area contributed by atoms with Gasteiger partial charge in [0.15, 0.2) is 0 Å². The number of aliphatic carboxylic acids is 1. The summed E-state index contributed by atoms with van der Waals surface area (Å²) in [5.41, 5.74) is 1.46. The maximum Gasteiger partial charge on any atom is 0.308 e. The first-order valence-corrected chi connectivity index (χ1v) is 8.13. The Morgan fingerprint density at radius 3 is 2.64 bits per heavy atom. The third-order valence-corrected chi connectivity index (χ3v) is 5.08. The van der Waals surface area contributed by atoms with E-state index in [1.54, 1.807) is 4.90 Å². The Hall–Kier alpha value is -1.85. The zero-order valence-corrected chi connectivity index (χ0v) is 12.9. The molecule has 120 valence electrons. The van der Waals surface area contributed by atoms with Crippen LogP contribution in [0.15, 0.2) is 6.07 Å². The topological polar surface area (TPSA) is 86.3 Å². The number of aromatic nitrogens is 2. The maximum absolute atomic E-state index is 12.5. The predicted molar refractivity (Wildman–Crippen MR) is 80.6 cm³/mol. The highest BCUT2D eigenvalue weighted by Crippen LogP contribution is 2.32. The number of hydrogen-bond donors (Lipinski definition) is 2. The molecule has 0 radical (unpaired) electrons. The second-order valence-corrected chi connectivity index (χ2v) is 6.68. The molecule has 1 aliphatic carbocycles. The highest BCUT2D eigenvalue weighted by Gasteiger charge is 2.37. The van der Waals surface area contributed by atoms with Gasteiger partial charge in [-0.3, -0.25) is 14.7 Å². The van der Waals surface area contributed by atoms with E-state index in [-0.39, 0.29) is 18.4 Å². The van der Waals surface area contributed by atoms with Crippen molar-refractivity contribution in [1.82, 2.24) is 15.1 Å². The second kappa shape index (κ2) is 6.10. The molecule has 0 aromatic carbocycles. The first-order valence-electron chi connectivity index (χ1n) is 8.13. The van der Waals surface area contributed by atoms with Crippen LogP contribution in [-0.2, 0) is 4.79 Å². The van der Waals surface area contributed by atoms with Crippen LogP contribution in [0.25, 0.3) is 0 Å². The van der Waals surface area contributed by atoms with Gasteiger partial charge in [0, 0.05) is 24.7 Å². The van der Waals surface area contributed by atoms with Crippen molar-refractivity contribution >= 4 is 11.9 Å². The molecule has 2 aliphatic rings. The van der Waals surface area contributed by atoms with Gasteiger partial charge in [-0.05, 0) is 24.8 Å². The summed E-state index contributed by atoms with van der Waals surface area (Å²) in [5.74, 6) is -0.993. The molecule has 2 atom stereocenters. The highest BCUT2D eigenvalue weighted by atomic mass is 16.4. The largest absolute Gasteiger partial charge is 0.481 e. The molecule has 6 heteroatoms. The van der Waals surface area contributed by atoms with Crippen molar-refractivity contribution < 1.29 is 14.7 Å². The van der Waals surface area contributed by atoms with E-state index in [9.17, 15) is 9.59 Å². The molecule has 6 nitrogen and oxygen atoms in total. The molecule has 1 amide bonds. The van der Waals surface area contributed by atoms with Crippen LogP contribution >= 0.6 is 0 Å². The Labute approximate surface area is 129 Å². The number of nitrogens with zero attached hydrogens (tertiary/aromatic N) is 2. The van der Waals surface area contributed by atoms with E-state index in [0.717, 1.165) is 18.5 Å². The molecule has 2 fully saturated rings. The summed E-state index contributed by atoms with van der Waals surface area (Å²) >= 11 is 0. The summed E-state index contributed by atoms with van der Waals surface area (Å²) in [4.78, 5) is 25.3. The molecule has 22 heavy (non-hydrogen) atoms. The molecule has 3 rings (SSSR count). The molecule has 1 aromatic rings. The second-order valence-electron chi connectivity index (χ2n) is 6.68. The number of H-pyrrole nitrogens is 1. The summed E-state index contributed by atoms with van der Waals surface area (Å²) in [6.07, 6.45) is 6.06. The summed E-state index contributed by atoms with van der Waals surface area (Å²) in [5, 5.41) is 16.3. The number of nitrogens with one attached hydrogen (secondary N) is 1. The Balaban J connectivity index is 1.68. The van der Waals surface area contributed by atoms with Gasteiger partial charge >= 0.3 is 5.97 Å². The van der Waals surface area contributed by atoms with Crippen molar-refractivity contribution in [3.63, 3.8) is 0 Å². The molecule has 1 aliphatic heterocycles. The van der Waals surface area contributed by atoms with Gasteiger partial charge in [0.2, 0.25) is 0 Å². The van der Waals surface area contributed by atoms with Crippen LogP contribution in [0.3, 0.4) is 0 Å². The lowest BCUT2D eigenvalue weighted by Crippen LogP contribution is -2.30. The monoisotopic (exact) mass is 305 g/mol. The smallest absolute Gasteiger partial charge is 0.308 e. The van der Waals surface area contributed by atoms with E-state index >= 15 is 0 Å². The van der Waals surface area contributed by atoms with E-state index in [1.807, 2.05) is 13.0 Å². The molecule has 0 unspecified atom stereocenters. The fourth-order valence-corrected chi connectivity index (χ4v) is 3.68. The number of hydrogen-bond acceptors (Lipinski definition) is 3. The third-order valence-electron chi connectivity index (χ3n) is 5.08.